The summed E-state index contributed by atoms with van der Waals surface area (Å²) in [5, 5.41) is 14.7. The van der Waals surface area contributed by atoms with Gasteiger partial charge in [0.1, 0.15) is 5.84 Å². The molecule has 0 bridgehead atoms. The van der Waals surface area contributed by atoms with Crippen LogP contribution in [0, 0.1) is 11.8 Å². The van der Waals surface area contributed by atoms with E-state index in [1.807, 2.05) is 6.92 Å². The molecular formula is C10H23N3O. The second-order valence-corrected chi connectivity index (χ2v) is 4.33. The highest BCUT2D eigenvalue weighted by Gasteiger charge is 2.09. The Balaban J connectivity index is 3.69. The molecule has 14 heavy (non-hydrogen) atoms. The van der Waals surface area contributed by atoms with Crippen LogP contribution < -0.4 is 11.1 Å². The highest BCUT2D eigenvalue weighted by Crippen LogP contribution is 2.08. The molecule has 0 amide bonds. The van der Waals surface area contributed by atoms with E-state index in [4.69, 9.17) is 10.9 Å². The van der Waals surface area contributed by atoms with Crippen LogP contribution in [0.1, 0.15) is 34.1 Å². The summed E-state index contributed by atoms with van der Waals surface area (Å²) in [7, 11) is 0. The van der Waals surface area contributed by atoms with Crippen LogP contribution in [0.5, 0.6) is 0 Å². The van der Waals surface area contributed by atoms with Crippen molar-refractivity contribution in [2.45, 2.75) is 40.2 Å². The SMILES string of the molecule is CC(CC(N)=NO)NCC(C)C(C)C. The van der Waals surface area contributed by atoms with Crippen molar-refractivity contribution in [3.05, 3.63) is 0 Å². The summed E-state index contributed by atoms with van der Waals surface area (Å²) in [5.74, 6) is 1.60. The van der Waals surface area contributed by atoms with Crippen LogP contribution in [0.2, 0.25) is 0 Å². The number of hydrogen-bond acceptors (Lipinski definition) is 3. The molecule has 0 aliphatic heterocycles. The van der Waals surface area contributed by atoms with Crippen molar-refractivity contribution in [2.75, 3.05) is 6.54 Å². The third-order valence-corrected chi connectivity index (χ3v) is 2.57. The first-order chi connectivity index (χ1) is 6.47. The van der Waals surface area contributed by atoms with Crippen LogP contribution in [-0.2, 0) is 0 Å². The van der Waals surface area contributed by atoms with Crippen molar-refractivity contribution >= 4 is 5.84 Å². The summed E-state index contributed by atoms with van der Waals surface area (Å²) < 4.78 is 0. The number of hydrogen-bond donors (Lipinski definition) is 3. The van der Waals surface area contributed by atoms with E-state index in [1.54, 1.807) is 0 Å². The van der Waals surface area contributed by atoms with E-state index in [0.29, 0.717) is 18.3 Å². The van der Waals surface area contributed by atoms with Crippen molar-refractivity contribution in [1.82, 2.24) is 5.32 Å². The standard InChI is InChI=1S/C10H23N3O/c1-7(2)8(3)6-12-9(4)5-10(11)13-14/h7-9,12,14H,5-6H2,1-4H3,(H2,11,13). The number of oxime groups is 1. The van der Waals surface area contributed by atoms with E-state index >= 15 is 0 Å². The second kappa shape index (κ2) is 6.65. The molecule has 0 aliphatic carbocycles. The molecule has 0 aromatic carbocycles. The normalized spacial score (nSPS) is 17.1. The average molecular weight is 201 g/mol. The summed E-state index contributed by atoms with van der Waals surface area (Å²) in [6, 6.07) is 0.257. The zero-order valence-electron chi connectivity index (χ0n) is 9.62. The fourth-order valence-corrected chi connectivity index (χ4v) is 1.05. The molecule has 0 rings (SSSR count). The minimum atomic E-state index is 0.257. The predicted octanol–water partition coefficient (Wildman–Crippen LogP) is 1.39. The van der Waals surface area contributed by atoms with Crippen molar-refractivity contribution in [1.29, 1.82) is 0 Å². The van der Waals surface area contributed by atoms with Crippen molar-refractivity contribution in [3.8, 4) is 0 Å². The first kappa shape index (κ1) is 13.2. The predicted molar refractivity (Wildman–Crippen MR) is 59.5 cm³/mol. The van der Waals surface area contributed by atoms with Gasteiger partial charge in [0.15, 0.2) is 0 Å². The molecule has 0 radical (unpaired) electrons. The summed E-state index contributed by atoms with van der Waals surface area (Å²) >= 11 is 0. The van der Waals surface area contributed by atoms with Gasteiger partial charge in [0.25, 0.3) is 0 Å². The van der Waals surface area contributed by atoms with E-state index in [-0.39, 0.29) is 11.9 Å². The molecule has 4 N–H and O–H groups in total. The van der Waals surface area contributed by atoms with E-state index in [0.717, 1.165) is 6.54 Å². The first-order valence-electron chi connectivity index (χ1n) is 5.17. The molecule has 0 aromatic rings. The fourth-order valence-electron chi connectivity index (χ4n) is 1.05. The van der Waals surface area contributed by atoms with Crippen LogP contribution in [0.25, 0.3) is 0 Å². The highest BCUT2D eigenvalue weighted by atomic mass is 16.4. The zero-order chi connectivity index (χ0) is 11.1. The van der Waals surface area contributed by atoms with Gasteiger partial charge in [-0.15, -0.1) is 0 Å². The van der Waals surface area contributed by atoms with Crippen LogP contribution in [-0.4, -0.2) is 23.6 Å². The number of amidine groups is 1. The summed E-state index contributed by atoms with van der Waals surface area (Å²) in [6.45, 7) is 9.64. The lowest BCUT2D eigenvalue weighted by atomic mass is 9.98. The molecule has 0 saturated carbocycles. The van der Waals surface area contributed by atoms with Crippen LogP contribution >= 0.6 is 0 Å². The summed E-state index contributed by atoms with van der Waals surface area (Å²) in [4.78, 5) is 0. The molecule has 0 aromatic heterocycles. The van der Waals surface area contributed by atoms with Gasteiger partial charge < -0.3 is 16.3 Å². The lowest BCUT2D eigenvalue weighted by Gasteiger charge is -2.19. The Labute approximate surface area is 86.6 Å². The number of nitrogens with two attached hydrogens (primary N) is 1. The number of rotatable bonds is 6. The van der Waals surface area contributed by atoms with E-state index in [2.05, 4.69) is 31.2 Å². The third kappa shape index (κ3) is 5.80. The Morgan fingerprint density at radius 2 is 1.93 bits per heavy atom. The Morgan fingerprint density at radius 3 is 2.36 bits per heavy atom. The Kier molecular flexibility index (Phi) is 6.28. The Morgan fingerprint density at radius 1 is 1.36 bits per heavy atom. The fraction of sp³-hybridized carbons (Fsp3) is 0.900. The summed E-state index contributed by atoms with van der Waals surface area (Å²) in [5.41, 5.74) is 5.40. The van der Waals surface area contributed by atoms with Crippen LogP contribution in [0.3, 0.4) is 0 Å². The van der Waals surface area contributed by atoms with Gasteiger partial charge in [-0.25, -0.2) is 0 Å². The molecule has 4 heteroatoms. The maximum atomic E-state index is 8.38. The highest BCUT2D eigenvalue weighted by molar-refractivity contribution is 5.80. The van der Waals surface area contributed by atoms with Crippen molar-refractivity contribution in [2.24, 2.45) is 22.7 Å². The van der Waals surface area contributed by atoms with Crippen molar-refractivity contribution in [3.63, 3.8) is 0 Å². The first-order valence-corrected chi connectivity index (χ1v) is 5.17. The molecule has 0 spiro atoms. The zero-order valence-corrected chi connectivity index (χ0v) is 9.62. The molecule has 4 nitrogen and oxygen atoms in total. The van der Waals surface area contributed by atoms with Gasteiger partial charge in [-0.2, -0.15) is 0 Å². The Bertz CT molecular complexity index is 180. The maximum absolute atomic E-state index is 8.38. The lowest BCUT2D eigenvalue weighted by Crippen LogP contribution is -2.35. The quantitative estimate of drug-likeness (QED) is 0.263. The molecule has 0 aliphatic rings. The topological polar surface area (TPSA) is 70.6 Å². The minimum absolute atomic E-state index is 0.257. The van der Waals surface area contributed by atoms with Crippen LogP contribution in [0.4, 0.5) is 0 Å². The Hall–Kier alpha value is -0.770. The monoisotopic (exact) mass is 201 g/mol. The molecule has 84 valence electrons. The molecule has 0 saturated heterocycles. The third-order valence-electron chi connectivity index (χ3n) is 2.57. The summed E-state index contributed by atoms with van der Waals surface area (Å²) in [6.07, 6.45) is 0.585. The average Bonchev–Trinajstić information content (AvgIpc) is 2.13. The van der Waals surface area contributed by atoms with Gasteiger partial charge in [-0.1, -0.05) is 25.9 Å². The molecular weight excluding hydrogens is 178 g/mol. The lowest BCUT2D eigenvalue weighted by molar-refractivity contribution is 0.315. The van der Waals surface area contributed by atoms with E-state index in [9.17, 15) is 0 Å². The molecule has 0 heterocycles. The van der Waals surface area contributed by atoms with Gasteiger partial charge >= 0.3 is 0 Å². The molecule has 0 fully saturated rings. The number of nitrogens with one attached hydrogen (secondary N) is 1. The number of nitrogens with zero attached hydrogens (tertiary/aromatic N) is 1. The van der Waals surface area contributed by atoms with E-state index < -0.39 is 0 Å². The maximum Gasteiger partial charge on any atom is 0.140 e. The molecule has 2 atom stereocenters. The van der Waals surface area contributed by atoms with Gasteiger partial charge in [0, 0.05) is 12.5 Å². The van der Waals surface area contributed by atoms with E-state index in [1.165, 1.54) is 0 Å². The van der Waals surface area contributed by atoms with Gasteiger partial charge in [-0.3, -0.25) is 0 Å². The smallest absolute Gasteiger partial charge is 0.140 e. The van der Waals surface area contributed by atoms with Crippen molar-refractivity contribution < 1.29 is 5.21 Å². The second-order valence-electron chi connectivity index (χ2n) is 4.33. The minimum Gasteiger partial charge on any atom is -0.409 e. The van der Waals surface area contributed by atoms with Gasteiger partial charge in [0.2, 0.25) is 0 Å². The molecule has 2 unspecified atom stereocenters. The largest absolute Gasteiger partial charge is 0.409 e. The van der Waals surface area contributed by atoms with Crippen LogP contribution in [0.15, 0.2) is 5.16 Å². The van der Waals surface area contributed by atoms with Gasteiger partial charge in [0.05, 0.1) is 0 Å². The van der Waals surface area contributed by atoms with Gasteiger partial charge in [-0.05, 0) is 25.3 Å².